The molecule has 0 N–H and O–H groups in total. The van der Waals surface area contributed by atoms with Crippen LogP contribution >= 0.6 is 0 Å². The van der Waals surface area contributed by atoms with E-state index in [1.54, 1.807) is 0 Å². The lowest BCUT2D eigenvalue weighted by Crippen LogP contribution is -2.29. The number of aromatic nitrogens is 2. The number of para-hydroxylation sites is 4. The molecular weight excluding hydrogens is 665 g/mol. The van der Waals surface area contributed by atoms with Gasteiger partial charge in [-0.15, -0.1) is 0 Å². The number of hydrogen-bond acceptors (Lipinski definition) is 0. The van der Waals surface area contributed by atoms with Gasteiger partial charge in [-0.3, -0.25) is 0 Å². The highest BCUT2D eigenvalue weighted by Crippen LogP contribution is 2.58. The normalized spacial score (nSPS) is 13.2. The van der Waals surface area contributed by atoms with E-state index in [0.717, 1.165) is 11.4 Å². The van der Waals surface area contributed by atoms with Crippen molar-refractivity contribution in [3.8, 4) is 22.5 Å². The van der Waals surface area contributed by atoms with Gasteiger partial charge in [-0.2, -0.15) is 0 Å². The molecule has 0 unspecified atom stereocenters. The molecule has 0 atom stereocenters. The zero-order chi connectivity index (χ0) is 36.1. The minimum absolute atomic E-state index is 0.582. The molecule has 55 heavy (non-hydrogen) atoms. The SMILES string of the molecule is c1ccc(C2(c3ccccc3)c3cc(-n4c5ccccc5c5ccccc54)ccc3-c3ccc4ccc(-n5c6ccccc6c6ccccc65)cc4c32)cc1. The molecule has 9 aromatic carbocycles. The van der Waals surface area contributed by atoms with Crippen LogP contribution in [0.25, 0.3) is 76.9 Å². The summed E-state index contributed by atoms with van der Waals surface area (Å²) in [5.74, 6) is 0. The van der Waals surface area contributed by atoms with Crippen LogP contribution in [-0.2, 0) is 5.41 Å². The largest absolute Gasteiger partial charge is 0.309 e. The average molecular weight is 699 g/mol. The van der Waals surface area contributed by atoms with Crippen LogP contribution in [0.5, 0.6) is 0 Å². The number of rotatable bonds is 4. The van der Waals surface area contributed by atoms with Crippen LogP contribution in [0, 0.1) is 0 Å². The maximum atomic E-state index is 2.48. The molecule has 0 saturated carbocycles. The molecule has 2 aromatic heterocycles. The Morgan fingerprint density at radius 3 is 1.22 bits per heavy atom. The predicted octanol–water partition coefficient (Wildman–Crippen LogP) is 13.4. The average Bonchev–Trinajstić information content (AvgIpc) is 3.88. The molecule has 1 aliphatic rings. The van der Waals surface area contributed by atoms with Crippen LogP contribution in [0.1, 0.15) is 22.3 Å². The predicted molar refractivity (Wildman–Crippen MR) is 230 cm³/mol. The summed E-state index contributed by atoms with van der Waals surface area (Å²) < 4.78 is 4.89. The molecule has 0 radical (unpaired) electrons. The number of benzene rings is 9. The third-order valence-corrected chi connectivity index (χ3v) is 12.2. The van der Waals surface area contributed by atoms with E-state index < -0.39 is 5.41 Å². The fourth-order valence-corrected chi connectivity index (χ4v) is 9.97. The lowest BCUT2D eigenvalue weighted by molar-refractivity contribution is 0.774. The van der Waals surface area contributed by atoms with Gasteiger partial charge >= 0.3 is 0 Å². The second-order valence-electron chi connectivity index (χ2n) is 14.8. The molecule has 2 nitrogen and oxygen atoms in total. The van der Waals surface area contributed by atoms with Gasteiger partial charge < -0.3 is 9.13 Å². The highest BCUT2D eigenvalue weighted by Gasteiger charge is 2.47. The quantitative estimate of drug-likeness (QED) is 0.173. The smallest absolute Gasteiger partial charge is 0.0720 e. The standard InChI is InChI=1S/C53H34N2/c1-3-15-36(16-4-1)53(37-17-5-2-6-18-37)47-34-39(55-50-25-13-9-21-43(50)44-22-10-14-26-51(44)55)30-32-40(47)45-31-28-35-27-29-38(33-46(35)52(45)53)54-48-23-11-7-19-41(48)42-20-8-12-24-49(42)54/h1-34H. The molecule has 0 saturated heterocycles. The highest BCUT2D eigenvalue weighted by atomic mass is 15.0. The molecule has 0 spiro atoms. The van der Waals surface area contributed by atoms with E-state index in [2.05, 4.69) is 215 Å². The summed E-state index contributed by atoms with van der Waals surface area (Å²) in [5, 5.41) is 7.56. The van der Waals surface area contributed by atoms with E-state index in [1.807, 2.05) is 0 Å². The van der Waals surface area contributed by atoms with Crippen LogP contribution in [0.3, 0.4) is 0 Å². The molecule has 11 aromatic rings. The zero-order valence-electron chi connectivity index (χ0n) is 30.0. The van der Waals surface area contributed by atoms with Crippen molar-refractivity contribution in [2.45, 2.75) is 5.41 Å². The Kier molecular flexibility index (Phi) is 6.29. The van der Waals surface area contributed by atoms with Crippen molar-refractivity contribution in [2.24, 2.45) is 0 Å². The van der Waals surface area contributed by atoms with Gasteiger partial charge in [-0.25, -0.2) is 0 Å². The van der Waals surface area contributed by atoms with Crippen molar-refractivity contribution in [1.29, 1.82) is 0 Å². The Morgan fingerprint density at radius 1 is 0.309 bits per heavy atom. The fourth-order valence-electron chi connectivity index (χ4n) is 9.97. The van der Waals surface area contributed by atoms with E-state index in [9.17, 15) is 0 Å². The Balaban J connectivity index is 1.21. The van der Waals surface area contributed by atoms with E-state index in [0.29, 0.717) is 0 Å². The minimum atomic E-state index is -0.582. The van der Waals surface area contributed by atoms with Crippen molar-refractivity contribution in [3.63, 3.8) is 0 Å². The van der Waals surface area contributed by atoms with Gasteiger partial charge in [0.25, 0.3) is 0 Å². The van der Waals surface area contributed by atoms with Gasteiger partial charge in [-0.1, -0.05) is 158 Å². The van der Waals surface area contributed by atoms with Gasteiger partial charge in [0.2, 0.25) is 0 Å². The first-order chi connectivity index (χ1) is 27.3. The second-order valence-corrected chi connectivity index (χ2v) is 14.8. The summed E-state index contributed by atoms with van der Waals surface area (Å²) >= 11 is 0. The van der Waals surface area contributed by atoms with Crippen molar-refractivity contribution < 1.29 is 0 Å². The summed E-state index contributed by atoms with van der Waals surface area (Å²) in [6.45, 7) is 0. The van der Waals surface area contributed by atoms with Gasteiger partial charge in [0.15, 0.2) is 0 Å². The molecule has 12 rings (SSSR count). The number of hydrogen-bond donors (Lipinski definition) is 0. The van der Waals surface area contributed by atoms with E-state index in [4.69, 9.17) is 0 Å². The lowest BCUT2D eigenvalue weighted by atomic mass is 9.66. The summed E-state index contributed by atoms with van der Waals surface area (Å²) in [6, 6.07) is 76.5. The first kappa shape index (κ1) is 30.3. The third kappa shape index (κ3) is 4.08. The van der Waals surface area contributed by atoms with Crippen LogP contribution in [0.15, 0.2) is 206 Å². The number of nitrogens with zero attached hydrogens (tertiary/aromatic N) is 2. The van der Waals surface area contributed by atoms with Crippen LogP contribution in [0.4, 0.5) is 0 Å². The van der Waals surface area contributed by atoms with Crippen molar-refractivity contribution in [3.05, 3.63) is 229 Å². The van der Waals surface area contributed by atoms with Gasteiger partial charge in [0.1, 0.15) is 0 Å². The second kappa shape index (κ2) is 11.4. The van der Waals surface area contributed by atoms with Crippen LogP contribution in [0.2, 0.25) is 0 Å². The zero-order valence-corrected chi connectivity index (χ0v) is 30.0. The topological polar surface area (TPSA) is 9.86 Å². The summed E-state index contributed by atoms with van der Waals surface area (Å²) in [7, 11) is 0. The summed E-state index contributed by atoms with van der Waals surface area (Å²) in [5.41, 5.74) is 14.3. The Labute approximate surface area is 318 Å². The first-order valence-corrected chi connectivity index (χ1v) is 19.1. The molecule has 2 heterocycles. The molecular formula is C53H34N2. The van der Waals surface area contributed by atoms with Crippen molar-refractivity contribution in [1.82, 2.24) is 9.13 Å². The Morgan fingerprint density at radius 2 is 0.709 bits per heavy atom. The molecule has 2 heteroatoms. The van der Waals surface area contributed by atoms with Crippen molar-refractivity contribution >= 4 is 54.4 Å². The van der Waals surface area contributed by atoms with Gasteiger partial charge in [-0.05, 0) is 92.7 Å². The third-order valence-electron chi connectivity index (χ3n) is 12.2. The Bertz CT molecular complexity index is 3160. The van der Waals surface area contributed by atoms with E-state index in [-0.39, 0.29) is 0 Å². The number of fused-ring (bicyclic) bond motifs is 11. The molecule has 0 bridgehead atoms. The van der Waals surface area contributed by atoms with Crippen molar-refractivity contribution in [2.75, 3.05) is 0 Å². The monoisotopic (exact) mass is 698 g/mol. The maximum Gasteiger partial charge on any atom is 0.0720 e. The van der Waals surface area contributed by atoms with E-state index in [1.165, 1.54) is 87.8 Å². The lowest BCUT2D eigenvalue weighted by Gasteiger charge is -2.35. The maximum absolute atomic E-state index is 2.48. The highest BCUT2D eigenvalue weighted by molar-refractivity contribution is 6.11. The van der Waals surface area contributed by atoms with Crippen LogP contribution in [-0.4, -0.2) is 9.13 Å². The van der Waals surface area contributed by atoms with Gasteiger partial charge in [0, 0.05) is 32.9 Å². The Hall–Kier alpha value is -7.16. The van der Waals surface area contributed by atoms with E-state index >= 15 is 0 Å². The molecule has 256 valence electrons. The molecule has 1 aliphatic carbocycles. The summed E-state index contributed by atoms with van der Waals surface area (Å²) in [6.07, 6.45) is 0. The minimum Gasteiger partial charge on any atom is -0.309 e. The van der Waals surface area contributed by atoms with Crippen LogP contribution < -0.4 is 0 Å². The molecule has 0 aliphatic heterocycles. The summed E-state index contributed by atoms with van der Waals surface area (Å²) in [4.78, 5) is 0. The molecule has 0 fully saturated rings. The fraction of sp³-hybridized carbons (Fsp3) is 0.0189. The molecule has 0 amide bonds. The first-order valence-electron chi connectivity index (χ1n) is 19.1. The van der Waals surface area contributed by atoms with Gasteiger partial charge in [0.05, 0.1) is 27.5 Å².